The minimum atomic E-state index is -4.84. The summed E-state index contributed by atoms with van der Waals surface area (Å²) in [4.78, 5) is 12.5. The van der Waals surface area contributed by atoms with Gasteiger partial charge >= 0.3 is 18.4 Å². The Kier molecular flexibility index (Phi) is 4.03. The van der Waals surface area contributed by atoms with Gasteiger partial charge in [-0.15, -0.1) is 13.2 Å². The summed E-state index contributed by atoms with van der Waals surface area (Å²) < 4.78 is 79.0. The van der Waals surface area contributed by atoms with Gasteiger partial charge in [0.15, 0.2) is 0 Å². The summed E-state index contributed by atoms with van der Waals surface area (Å²) in [6.45, 7) is 0. The van der Waals surface area contributed by atoms with Gasteiger partial charge in [-0.3, -0.25) is 0 Å². The van der Waals surface area contributed by atoms with Crippen molar-refractivity contribution in [2.24, 2.45) is 5.10 Å². The molecule has 0 aromatic heterocycles. The van der Waals surface area contributed by atoms with Crippen molar-refractivity contribution >= 4 is 23.6 Å². The third-order valence-electron chi connectivity index (χ3n) is 4.81. The fourth-order valence-corrected chi connectivity index (χ4v) is 3.59. The number of carbonyl (C=O) groups is 1. The van der Waals surface area contributed by atoms with Crippen molar-refractivity contribution in [3.63, 3.8) is 0 Å². The van der Waals surface area contributed by atoms with Crippen LogP contribution in [0.25, 0.3) is 0 Å². The van der Waals surface area contributed by atoms with E-state index in [0.29, 0.717) is 5.56 Å². The minimum Gasteiger partial charge on any atom is -0.478 e. The van der Waals surface area contributed by atoms with Crippen LogP contribution < -0.4 is 4.90 Å². The van der Waals surface area contributed by atoms with E-state index in [9.17, 15) is 36.2 Å². The van der Waals surface area contributed by atoms with Crippen molar-refractivity contribution in [1.82, 2.24) is 5.01 Å². The lowest BCUT2D eigenvalue weighted by atomic mass is 9.99. The number of benzene rings is 2. The topological polar surface area (TPSA) is 56.1 Å². The minimum absolute atomic E-state index is 0.0875. The van der Waals surface area contributed by atoms with Gasteiger partial charge < -0.3 is 10.0 Å². The summed E-state index contributed by atoms with van der Waals surface area (Å²) in [5.41, 5.74) is -0.394. The third kappa shape index (κ3) is 3.06. The first-order chi connectivity index (χ1) is 13.5. The van der Waals surface area contributed by atoms with Gasteiger partial charge in [-0.1, -0.05) is 0 Å². The molecule has 2 aliphatic rings. The SMILES string of the molecule is O=C(O)c1ccc2c(c1)C1C=NN(C(F)(F)F)C1N2c1ccc(C(F)(F)F)cc1. The van der Waals surface area contributed by atoms with Crippen molar-refractivity contribution in [1.29, 1.82) is 0 Å². The van der Waals surface area contributed by atoms with Crippen molar-refractivity contribution in [3.8, 4) is 0 Å². The Labute approximate surface area is 159 Å². The highest BCUT2D eigenvalue weighted by Gasteiger charge is 2.54. The third-order valence-corrected chi connectivity index (χ3v) is 4.81. The van der Waals surface area contributed by atoms with Crippen molar-refractivity contribution in [2.75, 3.05) is 4.90 Å². The van der Waals surface area contributed by atoms with E-state index in [1.54, 1.807) is 0 Å². The van der Waals surface area contributed by atoms with Gasteiger partial charge in [0.2, 0.25) is 0 Å². The average Bonchev–Trinajstić information content (AvgIpc) is 3.18. The van der Waals surface area contributed by atoms with Crippen LogP contribution in [-0.2, 0) is 6.18 Å². The van der Waals surface area contributed by atoms with E-state index < -0.39 is 36.1 Å². The Morgan fingerprint density at radius 3 is 2.21 bits per heavy atom. The van der Waals surface area contributed by atoms with Crippen LogP contribution in [0.4, 0.5) is 37.7 Å². The molecule has 1 N–H and O–H groups in total. The molecule has 4 rings (SSSR count). The van der Waals surface area contributed by atoms with Gasteiger partial charge in [0.25, 0.3) is 0 Å². The second kappa shape index (κ2) is 6.13. The molecule has 2 unspecified atom stereocenters. The summed E-state index contributed by atoms with van der Waals surface area (Å²) in [5, 5.41) is 12.5. The number of hydrogen-bond donors (Lipinski definition) is 1. The van der Waals surface area contributed by atoms with Crippen LogP contribution in [0.2, 0.25) is 0 Å². The van der Waals surface area contributed by atoms with Gasteiger partial charge in [-0.25, -0.2) is 4.79 Å². The highest BCUT2D eigenvalue weighted by Crippen LogP contribution is 2.50. The molecule has 29 heavy (non-hydrogen) atoms. The van der Waals surface area contributed by atoms with Gasteiger partial charge in [0.1, 0.15) is 6.17 Å². The molecule has 2 aromatic carbocycles. The molecule has 0 bridgehead atoms. The first-order valence-electron chi connectivity index (χ1n) is 8.22. The fraction of sp³-hybridized carbons (Fsp3) is 0.222. The van der Waals surface area contributed by atoms with E-state index in [-0.39, 0.29) is 21.9 Å². The van der Waals surface area contributed by atoms with Gasteiger partial charge in [-0.2, -0.15) is 23.3 Å². The largest absolute Gasteiger partial charge is 0.502 e. The number of halogens is 6. The second-order valence-electron chi connectivity index (χ2n) is 6.51. The van der Waals surface area contributed by atoms with Crippen LogP contribution in [0.15, 0.2) is 47.6 Å². The predicted molar refractivity (Wildman–Crippen MR) is 89.9 cm³/mol. The van der Waals surface area contributed by atoms with Gasteiger partial charge in [0, 0.05) is 17.6 Å². The van der Waals surface area contributed by atoms with Gasteiger partial charge in [-0.05, 0) is 48.0 Å². The molecule has 0 fully saturated rings. The number of aromatic carboxylic acids is 1. The quantitative estimate of drug-likeness (QED) is 0.566. The number of nitrogens with zero attached hydrogens (tertiary/aromatic N) is 3. The Morgan fingerprint density at radius 2 is 1.66 bits per heavy atom. The number of alkyl halides is 6. The number of rotatable bonds is 2. The molecule has 2 aliphatic heterocycles. The molecule has 5 nitrogen and oxygen atoms in total. The first-order valence-corrected chi connectivity index (χ1v) is 8.22. The van der Waals surface area contributed by atoms with Crippen molar-refractivity contribution < 1.29 is 36.2 Å². The number of fused-ring (bicyclic) bond motifs is 3. The van der Waals surface area contributed by atoms with E-state index in [1.165, 1.54) is 23.1 Å². The molecule has 0 radical (unpaired) electrons. The van der Waals surface area contributed by atoms with Crippen LogP contribution in [-0.4, -0.2) is 34.8 Å². The lowest BCUT2D eigenvalue weighted by molar-refractivity contribution is -0.254. The lowest BCUT2D eigenvalue weighted by Crippen LogP contribution is -2.47. The lowest BCUT2D eigenvalue weighted by Gasteiger charge is -2.34. The van der Waals surface area contributed by atoms with E-state index >= 15 is 0 Å². The van der Waals surface area contributed by atoms with E-state index in [0.717, 1.165) is 30.5 Å². The standard InChI is InChI=1S/C18H11F6N3O2/c19-17(20,21)10-2-4-11(5-3-10)26-14-6-1-9(16(28)29)7-12(14)13-8-25-27(15(13)26)18(22,23)24/h1-8,13,15H,(H,28,29). The van der Waals surface area contributed by atoms with Crippen molar-refractivity contribution in [3.05, 3.63) is 59.2 Å². The van der Waals surface area contributed by atoms with Crippen LogP contribution in [0, 0.1) is 0 Å². The number of anilines is 2. The predicted octanol–water partition coefficient (Wildman–Crippen LogP) is 4.79. The van der Waals surface area contributed by atoms with E-state index in [1.807, 2.05) is 0 Å². The molecule has 0 spiro atoms. The summed E-state index contributed by atoms with van der Waals surface area (Å²) >= 11 is 0. The summed E-state index contributed by atoms with van der Waals surface area (Å²) in [5.74, 6) is -2.16. The van der Waals surface area contributed by atoms with Crippen LogP contribution in [0.3, 0.4) is 0 Å². The Balaban J connectivity index is 1.84. The Bertz CT molecular complexity index is 1000. The van der Waals surface area contributed by atoms with Gasteiger partial charge in [0.05, 0.1) is 17.0 Å². The fourth-order valence-electron chi connectivity index (χ4n) is 3.59. The maximum absolute atomic E-state index is 13.5. The molecule has 2 heterocycles. The molecule has 0 saturated heterocycles. The Hall–Kier alpha value is -3.24. The number of carboxylic acid groups (broad SMARTS) is 1. The highest BCUT2D eigenvalue weighted by atomic mass is 19.4. The molecule has 2 atom stereocenters. The molecule has 0 saturated carbocycles. The molecule has 152 valence electrons. The monoisotopic (exact) mass is 415 g/mol. The summed E-state index contributed by atoms with van der Waals surface area (Å²) in [7, 11) is 0. The molecular weight excluding hydrogens is 404 g/mol. The van der Waals surface area contributed by atoms with Crippen LogP contribution in [0.1, 0.15) is 27.4 Å². The zero-order valence-electron chi connectivity index (χ0n) is 14.2. The molecule has 2 aromatic rings. The summed E-state index contributed by atoms with van der Waals surface area (Å²) in [6.07, 6.45) is -9.77. The second-order valence-corrected chi connectivity index (χ2v) is 6.51. The highest BCUT2D eigenvalue weighted by molar-refractivity contribution is 5.92. The smallest absolute Gasteiger partial charge is 0.478 e. The molecule has 0 amide bonds. The maximum Gasteiger partial charge on any atom is 0.502 e. The van der Waals surface area contributed by atoms with E-state index in [4.69, 9.17) is 0 Å². The Morgan fingerprint density at radius 1 is 1.00 bits per heavy atom. The molecule has 0 aliphatic carbocycles. The normalized spacial score (nSPS) is 20.8. The number of carboxylic acids is 1. The van der Waals surface area contributed by atoms with Crippen LogP contribution in [0.5, 0.6) is 0 Å². The molecule has 11 heteroatoms. The first kappa shape index (κ1) is 19.1. The number of hydrazone groups is 1. The van der Waals surface area contributed by atoms with E-state index in [2.05, 4.69) is 5.10 Å². The maximum atomic E-state index is 13.5. The molecular formula is C18H11F6N3O2. The summed E-state index contributed by atoms with van der Waals surface area (Å²) in [6, 6.07) is 7.54. The van der Waals surface area contributed by atoms with Crippen LogP contribution >= 0.6 is 0 Å². The van der Waals surface area contributed by atoms with Crippen molar-refractivity contribution in [2.45, 2.75) is 24.6 Å². The zero-order valence-corrected chi connectivity index (χ0v) is 14.2. The zero-order chi connectivity index (χ0) is 21.1. The average molecular weight is 415 g/mol. The number of hydrogen-bond acceptors (Lipinski definition) is 4.